The zero-order chi connectivity index (χ0) is 16.9. The SMILES string of the molecule is O=C(CCc1nc2ccccc2o1)NNC(=O)c1ccccc1F. The fourth-order valence-electron chi connectivity index (χ4n) is 2.15. The van der Waals surface area contributed by atoms with Crippen molar-refractivity contribution in [2.24, 2.45) is 0 Å². The fourth-order valence-corrected chi connectivity index (χ4v) is 2.15. The summed E-state index contributed by atoms with van der Waals surface area (Å²) < 4.78 is 18.9. The number of aryl methyl sites for hydroxylation is 1. The van der Waals surface area contributed by atoms with Crippen LogP contribution in [-0.2, 0) is 11.2 Å². The molecule has 0 atom stereocenters. The average molecular weight is 327 g/mol. The van der Waals surface area contributed by atoms with E-state index in [-0.39, 0.29) is 18.4 Å². The van der Waals surface area contributed by atoms with Crippen LogP contribution in [0.15, 0.2) is 52.9 Å². The lowest BCUT2D eigenvalue weighted by Gasteiger charge is -2.07. The second-order valence-electron chi connectivity index (χ2n) is 5.06. The smallest absolute Gasteiger partial charge is 0.272 e. The predicted molar refractivity (Wildman–Crippen MR) is 84.3 cm³/mol. The fraction of sp³-hybridized carbons (Fsp3) is 0.118. The van der Waals surface area contributed by atoms with Gasteiger partial charge in [-0.2, -0.15) is 0 Å². The summed E-state index contributed by atoms with van der Waals surface area (Å²) in [5, 5.41) is 0. The summed E-state index contributed by atoms with van der Waals surface area (Å²) in [4.78, 5) is 27.8. The van der Waals surface area contributed by atoms with Gasteiger partial charge in [-0.25, -0.2) is 9.37 Å². The Labute approximate surface area is 136 Å². The highest BCUT2D eigenvalue weighted by Crippen LogP contribution is 2.15. The van der Waals surface area contributed by atoms with Crippen LogP contribution in [0.1, 0.15) is 22.7 Å². The maximum absolute atomic E-state index is 13.4. The lowest BCUT2D eigenvalue weighted by Crippen LogP contribution is -2.42. The van der Waals surface area contributed by atoms with Gasteiger partial charge in [0, 0.05) is 12.8 Å². The average Bonchev–Trinajstić information content (AvgIpc) is 3.01. The minimum atomic E-state index is -0.719. The van der Waals surface area contributed by atoms with Crippen LogP contribution in [0, 0.1) is 5.82 Å². The maximum atomic E-state index is 13.4. The van der Waals surface area contributed by atoms with Crippen LogP contribution in [0.2, 0.25) is 0 Å². The number of hydrogen-bond donors (Lipinski definition) is 2. The third-order valence-corrected chi connectivity index (χ3v) is 3.34. The number of oxazole rings is 1. The maximum Gasteiger partial charge on any atom is 0.272 e. The number of fused-ring (bicyclic) bond motifs is 1. The summed E-state index contributed by atoms with van der Waals surface area (Å²) in [5.41, 5.74) is 5.64. The molecular weight excluding hydrogens is 313 g/mol. The van der Waals surface area contributed by atoms with Gasteiger partial charge in [-0.3, -0.25) is 20.4 Å². The van der Waals surface area contributed by atoms with Gasteiger partial charge in [0.15, 0.2) is 11.5 Å². The number of halogens is 1. The first kappa shape index (κ1) is 15.7. The molecule has 0 spiro atoms. The first-order valence-electron chi connectivity index (χ1n) is 7.31. The Bertz CT molecular complexity index is 858. The van der Waals surface area contributed by atoms with Crippen LogP contribution in [-0.4, -0.2) is 16.8 Å². The van der Waals surface area contributed by atoms with Crippen molar-refractivity contribution in [3.8, 4) is 0 Å². The van der Waals surface area contributed by atoms with E-state index in [2.05, 4.69) is 15.8 Å². The van der Waals surface area contributed by atoms with Crippen LogP contribution in [0.5, 0.6) is 0 Å². The Morgan fingerprint density at radius 1 is 1.04 bits per heavy atom. The Hall–Kier alpha value is -3.22. The van der Waals surface area contributed by atoms with Crippen molar-refractivity contribution in [3.63, 3.8) is 0 Å². The van der Waals surface area contributed by atoms with E-state index in [1.807, 2.05) is 18.2 Å². The van der Waals surface area contributed by atoms with Crippen molar-refractivity contribution < 1.29 is 18.4 Å². The van der Waals surface area contributed by atoms with Crippen LogP contribution in [0.25, 0.3) is 11.1 Å². The number of carbonyl (C=O) groups is 2. The highest BCUT2D eigenvalue weighted by atomic mass is 19.1. The molecule has 0 fully saturated rings. The van der Waals surface area contributed by atoms with Crippen LogP contribution >= 0.6 is 0 Å². The molecule has 2 amide bonds. The van der Waals surface area contributed by atoms with E-state index in [4.69, 9.17) is 4.42 Å². The Balaban J connectivity index is 1.51. The Morgan fingerprint density at radius 2 is 1.79 bits per heavy atom. The van der Waals surface area contributed by atoms with Gasteiger partial charge >= 0.3 is 0 Å². The molecule has 2 N–H and O–H groups in total. The number of nitrogens with zero attached hydrogens (tertiary/aromatic N) is 1. The lowest BCUT2D eigenvalue weighted by atomic mass is 10.2. The summed E-state index contributed by atoms with van der Waals surface area (Å²) in [6.07, 6.45) is 0.362. The molecule has 0 saturated carbocycles. The summed E-state index contributed by atoms with van der Waals surface area (Å²) >= 11 is 0. The number of aromatic nitrogens is 1. The van der Waals surface area contributed by atoms with E-state index in [1.165, 1.54) is 24.3 Å². The molecule has 0 saturated heterocycles. The van der Waals surface area contributed by atoms with E-state index < -0.39 is 17.6 Å². The van der Waals surface area contributed by atoms with Gasteiger partial charge in [0.25, 0.3) is 5.91 Å². The van der Waals surface area contributed by atoms with Crippen LogP contribution in [0.3, 0.4) is 0 Å². The van der Waals surface area contributed by atoms with E-state index in [1.54, 1.807) is 6.07 Å². The standard InChI is InChI=1S/C17H14FN3O3/c18-12-6-2-1-5-11(12)17(23)21-20-15(22)9-10-16-19-13-7-3-4-8-14(13)24-16/h1-8H,9-10H2,(H,20,22)(H,21,23). The number of hydrogen-bond acceptors (Lipinski definition) is 4. The summed E-state index contributed by atoms with van der Waals surface area (Å²) in [6.45, 7) is 0. The molecule has 2 aromatic carbocycles. The number of para-hydroxylation sites is 2. The molecule has 0 radical (unpaired) electrons. The molecule has 0 aliphatic rings. The summed E-state index contributed by atoms with van der Waals surface area (Å²) in [7, 11) is 0. The number of carbonyl (C=O) groups excluding carboxylic acids is 2. The van der Waals surface area contributed by atoms with Crippen molar-refractivity contribution in [2.45, 2.75) is 12.8 Å². The molecule has 0 aliphatic carbocycles. The third-order valence-electron chi connectivity index (χ3n) is 3.34. The number of nitrogens with one attached hydrogen (secondary N) is 2. The minimum Gasteiger partial charge on any atom is -0.441 e. The topological polar surface area (TPSA) is 84.2 Å². The number of amides is 2. The number of benzene rings is 2. The molecule has 6 nitrogen and oxygen atoms in total. The molecule has 0 bridgehead atoms. The molecule has 3 aromatic rings. The largest absolute Gasteiger partial charge is 0.441 e. The van der Waals surface area contributed by atoms with E-state index in [9.17, 15) is 14.0 Å². The lowest BCUT2D eigenvalue weighted by molar-refractivity contribution is -0.121. The van der Waals surface area contributed by atoms with Crippen molar-refractivity contribution in [2.75, 3.05) is 0 Å². The van der Waals surface area contributed by atoms with Gasteiger partial charge in [-0.15, -0.1) is 0 Å². The molecular formula is C17H14FN3O3. The van der Waals surface area contributed by atoms with Crippen LogP contribution < -0.4 is 10.9 Å². The van der Waals surface area contributed by atoms with Crippen molar-refractivity contribution in [3.05, 3.63) is 65.8 Å². The molecule has 1 heterocycles. The van der Waals surface area contributed by atoms with Gasteiger partial charge in [0.2, 0.25) is 5.91 Å². The van der Waals surface area contributed by atoms with Gasteiger partial charge < -0.3 is 4.42 Å². The quantitative estimate of drug-likeness (QED) is 0.721. The van der Waals surface area contributed by atoms with E-state index in [0.29, 0.717) is 11.5 Å². The zero-order valence-electron chi connectivity index (χ0n) is 12.6. The second-order valence-corrected chi connectivity index (χ2v) is 5.06. The van der Waals surface area contributed by atoms with Gasteiger partial charge in [-0.05, 0) is 24.3 Å². The Kier molecular flexibility index (Phi) is 4.51. The monoisotopic (exact) mass is 327 g/mol. The molecule has 3 rings (SSSR count). The van der Waals surface area contributed by atoms with Gasteiger partial charge in [0.05, 0.1) is 5.56 Å². The summed E-state index contributed by atoms with van der Waals surface area (Å²) in [5.74, 6) is -1.37. The molecule has 24 heavy (non-hydrogen) atoms. The number of rotatable bonds is 4. The molecule has 7 heteroatoms. The molecule has 1 aromatic heterocycles. The van der Waals surface area contributed by atoms with Gasteiger partial charge in [-0.1, -0.05) is 24.3 Å². The third kappa shape index (κ3) is 3.57. The highest BCUT2D eigenvalue weighted by Gasteiger charge is 2.12. The molecule has 122 valence electrons. The second kappa shape index (κ2) is 6.91. The first-order valence-corrected chi connectivity index (χ1v) is 7.31. The van der Waals surface area contributed by atoms with Gasteiger partial charge in [0.1, 0.15) is 11.3 Å². The van der Waals surface area contributed by atoms with E-state index >= 15 is 0 Å². The molecule has 0 aliphatic heterocycles. The predicted octanol–water partition coefficient (Wildman–Crippen LogP) is 2.36. The molecule has 0 unspecified atom stereocenters. The Morgan fingerprint density at radius 3 is 2.58 bits per heavy atom. The van der Waals surface area contributed by atoms with Crippen LogP contribution in [0.4, 0.5) is 4.39 Å². The normalized spacial score (nSPS) is 10.5. The first-order chi connectivity index (χ1) is 11.6. The van der Waals surface area contributed by atoms with E-state index in [0.717, 1.165) is 5.52 Å². The minimum absolute atomic E-state index is 0.0738. The van der Waals surface area contributed by atoms with Crippen molar-refractivity contribution in [1.82, 2.24) is 15.8 Å². The highest BCUT2D eigenvalue weighted by molar-refractivity contribution is 5.95. The summed E-state index contributed by atoms with van der Waals surface area (Å²) in [6, 6.07) is 12.8. The van der Waals surface area contributed by atoms with Crippen molar-refractivity contribution in [1.29, 1.82) is 0 Å². The zero-order valence-corrected chi connectivity index (χ0v) is 12.6. The number of hydrazine groups is 1. The van der Waals surface area contributed by atoms with Crippen molar-refractivity contribution >= 4 is 22.9 Å².